The summed E-state index contributed by atoms with van der Waals surface area (Å²) in [5.74, 6) is 0.753. The average Bonchev–Trinajstić information content (AvgIpc) is 2.75. The van der Waals surface area contributed by atoms with Crippen LogP contribution in [0.2, 0.25) is 0 Å². The fraction of sp³-hybridized carbons (Fsp3) is 0.333. The maximum absolute atomic E-state index is 12.3. The molecule has 0 spiro atoms. The first-order valence-electron chi connectivity index (χ1n) is 6.39. The zero-order valence-corrected chi connectivity index (χ0v) is 11.5. The van der Waals surface area contributed by atoms with Gasteiger partial charge in [-0.05, 0) is 38.5 Å². The maximum Gasteiger partial charge on any atom is 0.233 e. The molecular formula is C15H18N2O2. The van der Waals surface area contributed by atoms with E-state index in [1.807, 2.05) is 45.0 Å². The number of aromatic nitrogens is 1. The summed E-state index contributed by atoms with van der Waals surface area (Å²) in [6.07, 6.45) is 0.263. The molecule has 0 fully saturated rings. The minimum atomic E-state index is 0.0291. The molecule has 0 N–H and O–H groups in total. The molecule has 2 rings (SSSR count). The molecule has 0 aliphatic carbocycles. The van der Waals surface area contributed by atoms with Crippen LogP contribution in [0.25, 0.3) is 0 Å². The highest BCUT2D eigenvalue weighted by atomic mass is 16.5. The average molecular weight is 258 g/mol. The third-order valence-electron chi connectivity index (χ3n) is 2.94. The summed E-state index contributed by atoms with van der Waals surface area (Å²) >= 11 is 0. The van der Waals surface area contributed by atoms with Gasteiger partial charge in [-0.2, -0.15) is 0 Å². The van der Waals surface area contributed by atoms with Gasteiger partial charge in [0.25, 0.3) is 0 Å². The number of hydrogen-bond donors (Lipinski definition) is 0. The number of rotatable bonds is 4. The van der Waals surface area contributed by atoms with Crippen LogP contribution >= 0.6 is 0 Å². The van der Waals surface area contributed by atoms with Crippen LogP contribution in [-0.4, -0.2) is 17.6 Å². The van der Waals surface area contributed by atoms with Crippen LogP contribution in [0.3, 0.4) is 0 Å². The highest BCUT2D eigenvalue weighted by molar-refractivity contribution is 5.94. The van der Waals surface area contributed by atoms with Crippen LogP contribution in [-0.2, 0) is 11.2 Å². The fourth-order valence-electron chi connectivity index (χ4n) is 2.05. The van der Waals surface area contributed by atoms with Crippen molar-refractivity contribution in [1.29, 1.82) is 0 Å². The lowest BCUT2D eigenvalue weighted by Gasteiger charge is -2.21. The van der Waals surface area contributed by atoms with Gasteiger partial charge in [-0.3, -0.25) is 4.79 Å². The largest absolute Gasteiger partial charge is 0.361 e. The van der Waals surface area contributed by atoms with E-state index in [2.05, 4.69) is 5.16 Å². The summed E-state index contributed by atoms with van der Waals surface area (Å²) in [6, 6.07) is 9.73. The highest BCUT2D eigenvalue weighted by Gasteiger charge is 2.16. The van der Waals surface area contributed by atoms with Crippen LogP contribution in [0, 0.1) is 13.8 Å². The lowest BCUT2D eigenvalue weighted by atomic mass is 10.2. The van der Waals surface area contributed by atoms with E-state index >= 15 is 0 Å². The molecule has 4 nitrogen and oxygen atoms in total. The molecule has 0 unspecified atom stereocenters. The summed E-state index contributed by atoms with van der Waals surface area (Å²) in [5.41, 5.74) is 2.74. The Balaban J connectivity index is 2.15. The molecule has 0 aliphatic rings. The van der Waals surface area contributed by atoms with Crippen molar-refractivity contribution in [1.82, 2.24) is 5.16 Å². The Labute approximate surface area is 113 Å². The lowest BCUT2D eigenvalue weighted by molar-refractivity contribution is -0.118. The topological polar surface area (TPSA) is 46.3 Å². The number of likely N-dealkylation sites (N-methyl/N-ethyl adjacent to an activating group) is 1. The van der Waals surface area contributed by atoms with E-state index in [0.29, 0.717) is 12.2 Å². The van der Waals surface area contributed by atoms with E-state index in [0.717, 1.165) is 17.0 Å². The van der Waals surface area contributed by atoms with Crippen molar-refractivity contribution in [2.75, 3.05) is 11.4 Å². The zero-order valence-electron chi connectivity index (χ0n) is 11.5. The standard InChI is InChI=1S/C15H18N2O2/c1-4-17(14-7-5-6-11(2)8-14)15(18)10-13-9-12(3)19-16-13/h5-9H,4,10H2,1-3H3. The second-order valence-corrected chi connectivity index (χ2v) is 4.58. The Morgan fingerprint density at radius 2 is 2.11 bits per heavy atom. The van der Waals surface area contributed by atoms with E-state index in [1.165, 1.54) is 0 Å². The van der Waals surface area contributed by atoms with Gasteiger partial charge in [0.1, 0.15) is 5.76 Å². The molecule has 0 radical (unpaired) electrons. The molecule has 100 valence electrons. The van der Waals surface area contributed by atoms with Gasteiger partial charge in [-0.1, -0.05) is 17.3 Å². The Bertz CT molecular complexity index is 575. The molecule has 2 aromatic rings. The molecule has 0 saturated carbocycles. The van der Waals surface area contributed by atoms with Crippen LogP contribution in [0.5, 0.6) is 0 Å². The molecule has 0 atom stereocenters. The van der Waals surface area contributed by atoms with Crippen molar-refractivity contribution in [2.24, 2.45) is 0 Å². The number of carbonyl (C=O) groups excluding carboxylic acids is 1. The van der Waals surface area contributed by atoms with Crippen molar-refractivity contribution < 1.29 is 9.32 Å². The maximum atomic E-state index is 12.3. The number of amides is 1. The minimum Gasteiger partial charge on any atom is -0.361 e. The second kappa shape index (κ2) is 5.69. The summed E-state index contributed by atoms with van der Waals surface area (Å²) in [4.78, 5) is 14.1. The van der Waals surface area contributed by atoms with E-state index in [-0.39, 0.29) is 12.3 Å². The summed E-state index contributed by atoms with van der Waals surface area (Å²) in [5, 5.41) is 3.86. The van der Waals surface area contributed by atoms with Crippen molar-refractivity contribution in [3.05, 3.63) is 47.3 Å². The molecule has 0 bridgehead atoms. The van der Waals surface area contributed by atoms with Crippen molar-refractivity contribution >= 4 is 11.6 Å². The highest BCUT2D eigenvalue weighted by Crippen LogP contribution is 2.17. The Morgan fingerprint density at radius 1 is 1.32 bits per heavy atom. The second-order valence-electron chi connectivity index (χ2n) is 4.58. The number of carbonyl (C=O) groups is 1. The number of nitrogens with zero attached hydrogens (tertiary/aromatic N) is 2. The van der Waals surface area contributed by atoms with Crippen LogP contribution in [0.1, 0.15) is 23.9 Å². The van der Waals surface area contributed by atoms with Crippen LogP contribution in [0.15, 0.2) is 34.9 Å². The van der Waals surface area contributed by atoms with E-state index < -0.39 is 0 Å². The van der Waals surface area contributed by atoms with Gasteiger partial charge < -0.3 is 9.42 Å². The van der Waals surface area contributed by atoms with Crippen molar-refractivity contribution in [3.8, 4) is 0 Å². The third kappa shape index (κ3) is 3.22. The molecule has 19 heavy (non-hydrogen) atoms. The SMILES string of the molecule is CCN(C(=O)Cc1cc(C)on1)c1cccc(C)c1. The van der Waals surface area contributed by atoms with Crippen LogP contribution < -0.4 is 4.90 Å². The van der Waals surface area contributed by atoms with Gasteiger partial charge in [0.15, 0.2) is 0 Å². The Kier molecular flexibility index (Phi) is 4.00. The predicted octanol–water partition coefficient (Wildman–Crippen LogP) is 2.89. The monoisotopic (exact) mass is 258 g/mol. The van der Waals surface area contributed by atoms with Crippen molar-refractivity contribution in [2.45, 2.75) is 27.2 Å². The quantitative estimate of drug-likeness (QED) is 0.847. The normalized spacial score (nSPS) is 10.5. The van der Waals surface area contributed by atoms with Gasteiger partial charge in [-0.25, -0.2) is 0 Å². The van der Waals surface area contributed by atoms with E-state index in [9.17, 15) is 4.79 Å². The molecule has 1 amide bonds. The Morgan fingerprint density at radius 3 is 2.68 bits per heavy atom. The first-order chi connectivity index (χ1) is 9.10. The molecular weight excluding hydrogens is 240 g/mol. The summed E-state index contributed by atoms with van der Waals surface area (Å²) in [7, 11) is 0. The molecule has 0 saturated heterocycles. The van der Waals surface area contributed by atoms with Gasteiger partial charge >= 0.3 is 0 Å². The zero-order chi connectivity index (χ0) is 13.8. The van der Waals surface area contributed by atoms with Gasteiger partial charge in [0.05, 0.1) is 12.1 Å². The molecule has 4 heteroatoms. The third-order valence-corrected chi connectivity index (χ3v) is 2.94. The first kappa shape index (κ1) is 13.3. The minimum absolute atomic E-state index is 0.0291. The van der Waals surface area contributed by atoms with Gasteiger partial charge in [-0.15, -0.1) is 0 Å². The van der Waals surface area contributed by atoms with Gasteiger partial charge in [0.2, 0.25) is 5.91 Å². The summed E-state index contributed by atoms with van der Waals surface area (Å²) < 4.78 is 4.98. The van der Waals surface area contributed by atoms with Gasteiger partial charge in [0, 0.05) is 18.3 Å². The first-order valence-corrected chi connectivity index (χ1v) is 6.39. The number of anilines is 1. The van der Waals surface area contributed by atoms with Crippen LogP contribution in [0.4, 0.5) is 5.69 Å². The molecule has 1 aromatic heterocycles. The lowest BCUT2D eigenvalue weighted by Crippen LogP contribution is -2.32. The Hall–Kier alpha value is -2.10. The number of aryl methyl sites for hydroxylation is 2. The molecule has 1 aromatic carbocycles. The number of benzene rings is 1. The smallest absolute Gasteiger partial charge is 0.233 e. The number of hydrogen-bond acceptors (Lipinski definition) is 3. The van der Waals surface area contributed by atoms with Crippen molar-refractivity contribution in [3.63, 3.8) is 0 Å². The molecule has 1 heterocycles. The molecule has 0 aliphatic heterocycles. The fourth-order valence-corrected chi connectivity index (χ4v) is 2.05. The predicted molar refractivity (Wildman–Crippen MR) is 74.2 cm³/mol. The summed E-state index contributed by atoms with van der Waals surface area (Å²) in [6.45, 7) is 6.44. The van der Waals surface area contributed by atoms with E-state index in [4.69, 9.17) is 4.52 Å². The van der Waals surface area contributed by atoms with E-state index in [1.54, 1.807) is 11.0 Å².